The molecule has 174 valence electrons. The molecule has 33 heavy (non-hydrogen) atoms. The first-order valence-corrected chi connectivity index (χ1v) is 10.6. The smallest absolute Gasteiger partial charge is 0.408 e. The van der Waals surface area contributed by atoms with E-state index in [2.05, 4.69) is 10.6 Å². The molecule has 1 saturated heterocycles. The summed E-state index contributed by atoms with van der Waals surface area (Å²) in [5, 5.41) is 4.83. The molecule has 2 N–H and O–H groups in total. The molecule has 2 unspecified atom stereocenters. The Labute approximate surface area is 189 Å². The van der Waals surface area contributed by atoms with Gasteiger partial charge in [-0.15, -0.1) is 0 Å². The maximum Gasteiger partial charge on any atom is 0.408 e. The normalized spacial score (nSPS) is 17.3. The highest BCUT2D eigenvalue weighted by Gasteiger charge is 2.32. The van der Waals surface area contributed by atoms with Gasteiger partial charge in [0.15, 0.2) is 5.78 Å². The highest BCUT2D eigenvalue weighted by Crippen LogP contribution is 2.24. The number of alkyl carbamates (subject to hydrolysis) is 1. The van der Waals surface area contributed by atoms with Gasteiger partial charge in [0, 0.05) is 24.9 Å². The zero-order chi connectivity index (χ0) is 23.8. The van der Waals surface area contributed by atoms with E-state index in [1.807, 2.05) is 0 Å². The quantitative estimate of drug-likeness (QED) is 0.620. The minimum absolute atomic E-state index is 0.0770. The molecule has 1 aliphatic rings. The van der Waals surface area contributed by atoms with E-state index in [1.165, 1.54) is 0 Å². The Bertz CT molecular complexity index is 1010. The summed E-state index contributed by atoms with van der Waals surface area (Å²) in [7, 11) is 0. The van der Waals surface area contributed by atoms with Crippen molar-refractivity contribution in [1.29, 1.82) is 0 Å². The lowest BCUT2D eigenvalue weighted by Crippen LogP contribution is -2.40. The van der Waals surface area contributed by atoms with Crippen molar-refractivity contribution in [3.63, 3.8) is 0 Å². The van der Waals surface area contributed by atoms with Crippen LogP contribution in [-0.4, -0.2) is 30.1 Å². The molecule has 2 aromatic carbocycles. The molecule has 0 saturated carbocycles. The second kappa shape index (κ2) is 11.3. The Morgan fingerprint density at radius 3 is 2.45 bits per heavy atom. The number of amides is 2. The minimum Gasteiger partial charge on any atom is -0.445 e. The van der Waals surface area contributed by atoms with Crippen molar-refractivity contribution in [3.05, 3.63) is 71.3 Å². The third-order valence-electron chi connectivity index (χ3n) is 5.32. The van der Waals surface area contributed by atoms with Gasteiger partial charge in [0.2, 0.25) is 5.78 Å². The van der Waals surface area contributed by atoms with Gasteiger partial charge >= 0.3 is 6.09 Å². The fourth-order valence-electron chi connectivity index (χ4n) is 3.65. The summed E-state index contributed by atoms with van der Waals surface area (Å²) < 4.78 is 32.8. The summed E-state index contributed by atoms with van der Waals surface area (Å²) >= 11 is 0. The van der Waals surface area contributed by atoms with Crippen molar-refractivity contribution in [1.82, 2.24) is 10.6 Å². The monoisotopic (exact) mass is 458 g/mol. The number of ether oxygens (including phenoxy) is 1. The van der Waals surface area contributed by atoms with E-state index in [0.717, 1.165) is 12.1 Å². The van der Waals surface area contributed by atoms with Crippen LogP contribution in [0.5, 0.6) is 0 Å². The van der Waals surface area contributed by atoms with Crippen LogP contribution >= 0.6 is 0 Å². The number of hydrogen-bond donors (Lipinski definition) is 2. The molecule has 1 aliphatic heterocycles. The molecule has 1 heterocycles. The average molecular weight is 458 g/mol. The number of rotatable bonds is 7. The lowest BCUT2D eigenvalue weighted by Gasteiger charge is -2.22. The van der Waals surface area contributed by atoms with Gasteiger partial charge in [0.05, 0.1) is 0 Å². The van der Waals surface area contributed by atoms with Crippen LogP contribution in [0.1, 0.15) is 42.9 Å². The van der Waals surface area contributed by atoms with E-state index >= 15 is 0 Å². The van der Waals surface area contributed by atoms with Gasteiger partial charge in [-0.2, -0.15) is 0 Å². The second-order valence-electron chi connectivity index (χ2n) is 7.83. The number of Topliss-reactive ketones (excluding diaryl/α,β-unsaturated/α-hetero) is 2. The highest BCUT2D eigenvalue weighted by atomic mass is 19.1. The molecule has 7 nitrogen and oxygen atoms in total. The van der Waals surface area contributed by atoms with Gasteiger partial charge in [0.1, 0.15) is 24.3 Å². The minimum atomic E-state index is -1.46. The van der Waals surface area contributed by atoms with Crippen molar-refractivity contribution < 1.29 is 32.7 Å². The number of carbonyl (C=O) groups excluding carboxylic acids is 4. The Kier molecular flexibility index (Phi) is 8.23. The van der Waals surface area contributed by atoms with Crippen LogP contribution in [0.15, 0.2) is 48.5 Å². The predicted octanol–water partition coefficient (Wildman–Crippen LogP) is 3.38. The van der Waals surface area contributed by atoms with Crippen LogP contribution in [0.2, 0.25) is 0 Å². The van der Waals surface area contributed by atoms with E-state index in [9.17, 15) is 28.0 Å². The molecular formula is C24H24F2N2O5. The van der Waals surface area contributed by atoms with Crippen molar-refractivity contribution in [2.45, 2.75) is 38.3 Å². The second-order valence-corrected chi connectivity index (χ2v) is 7.83. The molecule has 2 amide bonds. The van der Waals surface area contributed by atoms with E-state index < -0.39 is 47.2 Å². The number of halogens is 2. The predicted molar refractivity (Wildman–Crippen MR) is 114 cm³/mol. The maximum absolute atomic E-state index is 13.8. The third-order valence-corrected chi connectivity index (χ3v) is 5.32. The molecule has 2 atom stereocenters. The first-order valence-electron chi connectivity index (χ1n) is 10.6. The summed E-state index contributed by atoms with van der Waals surface area (Å²) in [6.45, 7) is 0.303. The summed E-state index contributed by atoms with van der Waals surface area (Å²) in [5.41, 5.74) is 0.579. The Hall–Kier alpha value is -3.62. The Morgan fingerprint density at radius 1 is 1.06 bits per heavy atom. The standard InChI is InChI=1S/C24H24F2N2O5/c25-18-10-17(11-19(26)13-18)21(28-24(32)33-14-15-6-2-1-3-7-15)20(29)12-16-8-4-5-9-27-23(31)22(16)30/h1-3,6-7,10-11,13,16,21H,4-5,8-9,12,14H2,(H,27,31)(H,28,32). The Balaban J connectivity index is 1.77. The maximum atomic E-state index is 13.8. The zero-order valence-electron chi connectivity index (χ0n) is 17.8. The van der Waals surface area contributed by atoms with Crippen LogP contribution in [0.4, 0.5) is 13.6 Å². The SMILES string of the molecule is O=C(NC(C(=O)CC1CCCCNC(=O)C1=O)c1cc(F)cc(F)c1)OCc1ccccc1. The number of carbonyl (C=O) groups is 4. The first kappa shape index (κ1) is 24.0. The summed E-state index contributed by atoms with van der Waals surface area (Å²) in [6.07, 6.45) is 0.264. The van der Waals surface area contributed by atoms with Gasteiger partial charge < -0.3 is 15.4 Å². The molecule has 0 spiro atoms. The molecule has 0 radical (unpaired) electrons. The first-order chi connectivity index (χ1) is 15.8. The number of ketones is 2. The van der Waals surface area contributed by atoms with E-state index in [-0.39, 0.29) is 18.6 Å². The van der Waals surface area contributed by atoms with Gasteiger partial charge in [-0.1, -0.05) is 36.8 Å². The molecule has 0 aromatic heterocycles. The largest absolute Gasteiger partial charge is 0.445 e. The molecule has 0 aliphatic carbocycles. The van der Waals surface area contributed by atoms with Crippen LogP contribution in [0.3, 0.4) is 0 Å². The van der Waals surface area contributed by atoms with Crippen molar-refractivity contribution in [2.75, 3.05) is 6.54 Å². The number of nitrogens with one attached hydrogen (secondary N) is 2. The zero-order valence-corrected chi connectivity index (χ0v) is 17.8. The van der Waals surface area contributed by atoms with Crippen LogP contribution < -0.4 is 10.6 Å². The molecular weight excluding hydrogens is 434 g/mol. The third kappa shape index (κ3) is 6.93. The summed E-state index contributed by atoms with van der Waals surface area (Å²) in [6, 6.07) is 9.84. The van der Waals surface area contributed by atoms with Crippen molar-refractivity contribution in [3.8, 4) is 0 Å². The number of benzene rings is 2. The van der Waals surface area contributed by atoms with Crippen molar-refractivity contribution >= 4 is 23.6 Å². The van der Waals surface area contributed by atoms with Gasteiger partial charge in [-0.3, -0.25) is 14.4 Å². The molecule has 9 heteroatoms. The lowest BCUT2D eigenvalue weighted by molar-refractivity contribution is -0.141. The Morgan fingerprint density at radius 2 is 1.76 bits per heavy atom. The molecule has 2 aromatic rings. The number of hydrogen-bond acceptors (Lipinski definition) is 5. The average Bonchev–Trinajstić information content (AvgIpc) is 2.78. The fraction of sp³-hybridized carbons (Fsp3) is 0.333. The highest BCUT2D eigenvalue weighted by molar-refractivity contribution is 6.37. The van der Waals surface area contributed by atoms with E-state index in [1.54, 1.807) is 30.3 Å². The molecule has 3 rings (SSSR count). The molecule has 0 bridgehead atoms. The summed E-state index contributed by atoms with van der Waals surface area (Å²) in [5.74, 6) is -4.90. The van der Waals surface area contributed by atoms with E-state index in [0.29, 0.717) is 37.4 Å². The fourth-order valence-corrected chi connectivity index (χ4v) is 3.65. The van der Waals surface area contributed by atoms with E-state index in [4.69, 9.17) is 4.74 Å². The topological polar surface area (TPSA) is 102 Å². The van der Waals surface area contributed by atoms with Gasteiger partial charge in [-0.05, 0) is 36.1 Å². The van der Waals surface area contributed by atoms with Gasteiger partial charge in [0.25, 0.3) is 5.91 Å². The van der Waals surface area contributed by atoms with Crippen LogP contribution in [-0.2, 0) is 25.7 Å². The lowest BCUT2D eigenvalue weighted by atomic mass is 9.87. The van der Waals surface area contributed by atoms with Crippen LogP contribution in [0.25, 0.3) is 0 Å². The summed E-state index contributed by atoms with van der Waals surface area (Å²) in [4.78, 5) is 49.8. The molecule has 1 fully saturated rings. The van der Waals surface area contributed by atoms with Crippen molar-refractivity contribution in [2.24, 2.45) is 5.92 Å². The van der Waals surface area contributed by atoms with Gasteiger partial charge in [-0.25, -0.2) is 13.6 Å². The van der Waals surface area contributed by atoms with Crippen LogP contribution in [0, 0.1) is 17.6 Å².